The van der Waals surface area contributed by atoms with E-state index in [1.54, 1.807) is 18.2 Å². The van der Waals surface area contributed by atoms with E-state index in [0.29, 0.717) is 41.8 Å². The Balaban J connectivity index is 1.84. The van der Waals surface area contributed by atoms with E-state index in [-0.39, 0.29) is 5.91 Å². The van der Waals surface area contributed by atoms with Crippen molar-refractivity contribution in [3.63, 3.8) is 0 Å². The summed E-state index contributed by atoms with van der Waals surface area (Å²) >= 11 is 11.7. The molecule has 6 heteroatoms. The molecule has 0 aromatic heterocycles. The number of carbonyl (C=O) groups is 1. The van der Waals surface area contributed by atoms with Gasteiger partial charge in [0, 0.05) is 18.5 Å². The minimum atomic E-state index is -0.608. The molecule has 0 aliphatic carbocycles. The number of nitrogens with one attached hydrogen (secondary N) is 1. The first kappa shape index (κ1) is 15.6. The Labute approximate surface area is 128 Å². The molecular formula is C14H17Cl2NO3. The number of rotatable bonds is 4. The molecule has 20 heavy (non-hydrogen) atoms. The minimum Gasteiger partial charge on any atom is -0.352 e. The van der Waals surface area contributed by atoms with Crippen molar-refractivity contribution in [2.45, 2.75) is 25.6 Å². The van der Waals surface area contributed by atoms with Gasteiger partial charge in [-0.2, -0.15) is 0 Å². The smallest absolute Gasteiger partial charge is 0.251 e. The van der Waals surface area contributed by atoms with E-state index in [2.05, 4.69) is 5.32 Å². The zero-order chi connectivity index (χ0) is 14.6. The number of hydrogen-bond acceptors (Lipinski definition) is 3. The van der Waals surface area contributed by atoms with Crippen LogP contribution in [-0.2, 0) is 9.47 Å². The number of halogens is 2. The zero-order valence-corrected chi connectivity index (χ0v) is 12.8. The van der Waals surface area contributed by atoms with Crippen LogP contribution in [0.4, 0.5) is 0 Å². The van der Waals surface area contributed by atoms with E-state index >= 15 is 0 Å². The molecule has 0 spiro atoms. The fourth-order valence-electron chi connectivity index (χ4n) is 1.96. The summed E-state index contributed by atoms with van der Waals surface area (Å²) in [6, 6.07) is 4.79. The molecule has 0 atom stereocenters. The van der Waals surface area contributed by atoms with E-state index in [9.17, 15) is 4.79 Å². The van der Waals surface area contributed by atoms with Gasteiger partial charge in [-0.25, -0.2) is 0 Å². The Morgan fingerprint density at radius 2 is 2.00 bits per heavy atom. The molecule has 1 aliphatic heterocycles. The van der Waals surface area contributed by atoms with Gasteiger partial charge in [0.2, 0.25) is 0 Å². The third-order valence-corrected chi connectivity index (χ3v) is 3.89. The summed E-state index contributed by atoms with van der Waals surface area (Å²) in [5.41, 5.74) is 0.482. The molecule has 4 nitrogen and oxygen atoms in total. The van der Waals surface area contributed by atoms with Gasteiger partial charge in [0.15, 0.2) is 5.79 Å². The monoisotopic (exact) mass is 317 g/mol. The van der Waals surface area contributed by atoms with Crippen LogP contribution in [0.3, 0.4) is 0 Å². The topological polar surface area (TPSA) is 47.6 Å². The van der Waals surface area contributed by atoms with Crippen molar-refractivity contribution >= 4 is 29.1 Å². The lowest BCUT2D eigenvalue weighted by Gasteiger charge is -2.33. The maximum absolute atomic E-state index is 12.0. The van der Waals surface area contributed by atoms with Crippen LogP contribution in [0.2, 0.25) is 10.0 Å². The maximum Gasteiger partial charge on any atom is 0.251 e. The third-order valence-electron chi connectivity index (χ3n) is 3.15. The normalized spacial score (nSPS) is 17.8. The highest BCUT2D eigenvalue weighted by Crippen LogP contribution is 2.23. The second kappa shape index (κ2) is 6.76. The Morgan fingerprint density at radius 3 is 2.65 bits per heavy atom. The van der Waals surface area contributed by atoms with Gasteiger partial charge in [0.1, 0.15) is 0 Å². The maximum atomic E-state index is 12.0. The molecule has 2 rings (SSSR count). The highest BCUT2D eigenvalue weighted by atomic mass is 35.5. The average molecular weight is 318 g/mol. The van der Waals surface area contributed by atoms with Crippen LogP contribution in [0.15, 0.2) is 18.2 Å². The Kier molecular flexibility index (Phi) is 5.27. The molecule has 0 saturated carbocycles. The summed E-state index contributed by atoms with van der Waals surface area (Å²) in [6.07, 6.45) is 1.51. The second-order valence-electron chi connectivity index (χ2n) is 4.82. The molecule has 1 amide bonds. The largest absolute Gasteiger partial charge is 0.352 e. The van der Waals surface area contributed by atoms with Crippen LogP contribution < -0.4 is 5.32 Å². The number of amides is 1. The third kappa shape index (κ3) is 4.09. The Bertz CT molecular complexity index is 487. The molecule has 0 bridgehead atoms. The lowest BCUT2D eigenvalue weighted by atomic mass is 10.2. The first-order valence-corrected chi connectivity index (χ1v) is 7.27. The van der Waals surface area contributed by atoms with Crippen LogP contribution in [-0.4, -0.2) is 31.5 Å². The zero-order valence-electron chi connectivity index (χ0n) is 11.2. The van der Waals surface area contributed by atoms with E-state index in [1.165, 1.54) is 0 Å². The molecule has 0 unspecified atom stereocenters. The van der Waals surface area contributed by atoms with E-state index in [0.717, 1.165) is 6.42 Å². The van der Waals surface area contributed by atoms with Gasteiger partial charge in [-0.15, -0.1) is 0 Å². The van der Waals surface area contributed by atoms with Crippen LogP contribution in [0.1, 0.15) is 30.1 Å². The summed E-state index contributed by atoms with van der Waals surface area (Å²) in [6.45, 7) is 3.74. The van der Waals surface area contributed by atoms with Crippen molar-refractivity contribution in [3.8, 4) is 0 Å². The molecule has 1 N–H and O–H groups in total. The number of benzene rings is 1. The summed E-state index contributed by atoms with van der Waals surface area (Å²) in [5.74, 6) is -0.800. The molecule has 1 fully saturated rings. The van der Waals surface area contributed by atoms with Gasteiger partial charge < -0.3 is 14.8 Å². The first-order chi connectivity index (χ1) is 9.50. The van der Waals surface area contributed by atoms with Crippen molar-refractivity contribution in [2.75, 3.05) is 19.8 Å². The Hall–Kier alpha value is -0.810. The van der Waals surface area contributed by atoms with Crippen molar-refractivity contribution in [1.82, 2.24) is 5.32 Å². The van der Waals surface area contributed by atoms with E-state index < -0.39 is 5.79 Å². The average Bonchev–Trinajstić information content (AvgIpc) is 2.42. The lowest BCUT2D eigenvalue weighted by Crippen LogP contribution is -2.40. The number of ether oxygens (including phenoxy) is 2. The van der Waals surface area contributed by atoms with Gasteiger partial charge in [0.25, 0.3) is 5.91 Å². The highest BCUT2D eigenvalue weighted by Gasteiger charge is 2.28. The fourth-order valence-corrected chi connectivity index (χ4v) is 2.26. The summed E-state index contributed by atoms with van der Waals surface area (Å²) in [5, 5.41) is 3.61. The number of hydrogen-bond donors (Lipinski definition) is 1. The van der Waals surface area contributed by atoms with Crippen molar-refractivity contribution in [3.05, 3.63) is 33.8 Å². The summed E-state index contributed by atoms with van der Waals surface area (Å²) < 4.78 is 11.2. The van der Waals surface area contributed by atoms with Crippen LogP contribution in [0.25, 0.3) is 0 Å². The number of carbonyl (C=O) groups excluding carboxylic acids is 1. The molecule has 1 aromatic carbocycles. The standard InChI is InChI=1S/C14H17Cl2NO3/c1-14(19-7-2-8-20-14)5-6-17-13(18)10-3-4-11(15)12(16)9-10/h3-4,9H,2,5-8H2,1H3,(H,17,18). The second-order valence-corrected chi connectivity index (χ2v) is 5.63. The minimum absolute atomic E-state index is 0.192. The Morgan fingerprint density at radius 1 is 1.30 bits per heavy atom. The fraction of sp³-hybridized carbons (Fsp3) is 0.500. The SMILES string of the molecule is CC1(CCNC(=O)c2ccc(Cl)c(Cl)c2)OCCCO1. The van der Waals surface area contributed by atoms with Gasteiger partial charge >= 0.3 is 0 Å². The van der Waals surface area contributed by atoms with Crippen LogP contribution in [0.5, 0.6) is 0 Å². The first-order valence-electron chi connectivity index (χ1n) is 6.51. The molecule has 1 aromatic rings. The molecule has 0 radical (unpaired) electrons. The predicted octanol–water partition coefficient (Wildman–Crippen LogP) is 3.27. The van der Waals surface area contributed by atoms with E-state index in [1.807, 2.05) is 6.92 Å². The van der Waals surface area contributed by atoms with Gasteiger partial charge in [0.05, 0.1) is 23.3 Å². The molecule has 110 valence electrons. The summed E-state index contributed by atoms with van der Waals surface area (Å²) in [7, 11) is 0. The predicted molar refractivity (Wildman–Crippen MR) is 78.3 cm³/mol. The molecule has 1 saturated heterocycles. The molecular weight excluding hydrogens is 301 g/mol. The van der Waals surface area contributed by atoms with E-state index in [4.69, 9.17) is 32.7 Å². The van der Waals surface area contributed by atoms with Crippen molar-refractivity contribution in [2.24, 2.45) is 0 Å². The van der Waals surface area contributed by atoms with Gasteiger partial charge in [-0.3, -0.25) is 4.79 Å². The van der Waals surface area contributed by atoms with Crippen LogP contribution in [0, 0.1) is 0 Å². The van der Waals surface area contributed by atoms with Gasteiger partial charge in [-0.05, 0) is 31.5 Å². The van der Waals surface area contributed by atoms with Crippen LogP contribution >= 0.6 is 23.2 Å². The van der Waals surface area contributed by atoms with Gasteiger partial charge in [-0.1, -0.05) is 23.2 Å². The molecule has 1 heterocycles. The summed E-state index contributed by atoms with van der Waals surface area (Å²) in [4.78, 5) is 12.0. The highest BCUT2D eigenvalue weighted by molar-refractivity contribution is 6.42. The van der Waals surface area contributed by atoms with Crippen molar-refractivity contribution < 1.29 is 14.3 Å². The molecule has 1 aliphatic rings. The van der Waals surface area contributed by atoms with Crippen molar-refractivity contribution in [1.29, 1.82) is 0 Å². The quantitative estimate of drug-likeness (QED) is 0.927. The lowest BCUT2D eigenvalue weighted by molar-refractivity contribution is -0.257.